The first-order chi connectivity index (χ1) is 9.44. The average Bonchev–Trinajstić information content (AvgIpc) is 2.45. The smallest absolute Gasteiger partial charge is 0.314 e. The van der Waals surface area contributed by atoms with Crippen LogP contribution in [0.2, 0.25) is 0 Å². The highest BCUT2D eigenvalue weighted by atomic mass is 16.5. The summed E-state index contributed by atoms with van der Waals surface area (Å²) < 4.78 is 10.4. The number of rotatable bonds is 4. The molecule has 2 rings (SSSR count). The molecule has 1 aliphatic rings. The lowest BCUT2D eigenvalue weighted by Crippen LogP contribution is -2.32. The third-order valence-electron chi connectivity index (χ3n) is 3.57. The molecule has 1 aromatic carbocycles. The summed E-state index contributed by atoms with van der Waals surface area (Å²) in [4.78, 5) is 23.4. The maximum absolute atomic E-state index is 11.9. The van der Waals surface area contributed by atoms with Crippen molar-refractivity contribution in [2.45, 2.75) is 33.1 Å². The predicted molar refractivity (Wildman–Crippen MR) is 75.0 cm³/mol. The minimum Gasteiger partial charge on any atom is -0.492 e. The first-order valence-corrected chi connectivity index (χ1v) is 6.81. The van der Waals surface area contributed by atoms with Crippen LogP contribution in [0.5, 0.6) is 5.75 Å². The van der Waals surface area contributed by atoms with E-state index in [-0.39, 0.29) is 18.4 Å². The number of ether oxygens (including phenoxy) is 2. The van der Waals surface area contributed by atoms with Crippen molar-refractivity contribution in [3.8, 4) is 5.75 Å². The van der Waals surface area contributed by atoms with E-state index in [1.165, 1.54) is 7.11 Å². The summed E-state index contributed by atoms with van der Waals surface area (Å²) in [5.74, 6) is 0.478. The minimum atomic E-state index is -0.714. The number of esters is 1. The summed E-state index contributed by atoms with van der Waals surface area (Å²) in [6.45, 7) is 3.75. The van der Waals surface area contributed by atoms with E-state index < -0.39 is 5.41 Å². The highest BCUT2D eigenvalue weighted by Gasteiger charge is 2.30. The number of carbonyl (C=O) groups is 2. The number of Topliss-reactive ketones (excluding diaryl/α,β-unsaturated/α-hetero) is 1. The van der Waals surface area contributed by atoms with Gasteiger partial charge in [0.05, 0.1) is 12.5 Å². The van der Waals surface area contributed by atoms with E-state index in [4.69, 9.17) is 9.47 Å². The summed E-state index contributed by atoms with van der Waals surface area (Å²) in [5, 5.41) is 0. The fraction of sp³-hybridized carbons (Fsp3) is 0.500. The van der Waals surface area contributed by atoms with Gasteiger partial charge in [-0.2, -0.15) is 0 Å². The Kier molecular flexibility index (Phi) is 4.12. The van der Waals surface area contributed by atoms with Crippen LogP contribution < -0.4 is 4.74 Å². The van der Waals surface area contributed by atoms with Gasteiger partial charge < -0.3 is 9.47 Å². The van der Waals surface area contributed by atoms with Crippen LogP contribution in [-0.4, -0.2) is 25.5 Å². The van der Waals surface area contributed by atoms with E-state index in [2.05, 4.69) is 0 Å². The predicted octanol–water partition coefficient (Wildman–Crippen LogP) is 2.78. The van der Waals surface area contributed by atoms with E-state index in [1.807, 2.05) is 12.1 Å². The summed E-state index contributed by atoms with van der Waals surface area (Å²) >= 11 is 0. The number of methoxy groups -OCH3 is 1. The van der Waals surface area contributed by atoms with Crippen molar-refractivity contribution < 1.29 is 19.1 Å². The SMILES string of the molecule is COC(=O)C(C)(C)COc1ccc2c(c1)C(=O)CCC2. The van der Waals surface area contributed by atoms with Gasteiger partial charge in [-0.1, -0.05) is 6.07 Å². The summed E-state index contributed by atoms with van der Waals surface area (Å²) in [6.07, 6.45) is 2.46. The zero-order valence-corrected chi connectivity index (χ0v) is 12.2. The molecular formula is C16H20O4. The largest absolute Gasteiger partial charge is 0.492 e. The van der Waals surface area contributed by atoms with Crippen molar-refractivity contribution in [3.63, 3.8) is 0 Å². The Morgan fingerprint density at radius 3 is 2.75 bits per heavy atom. The fourth-order valence-corrected chi connectivity index (χ4v) is 2.30. The van der Waals surface area contributed by atoms with Crippen molar-refractivity contribution in [2.75, 3.05) is 13.7 Å². The molecule has 0 fully saturated rings. The number of hydrogen-bond acceptors (Lipinski definition) is 4. The van der Waals surface area contributed by atoms with Gasteiger partial charge in [0, 0.05) is 12.0 Å². The van der Waals surface area contributed by atoms with Crippen molar-refractivity contribution in [2.24, 2.45) is 5.41 Å². The molecule has 0 unspecified atom stereocenters. The molecule has 1 aromatic rings. The highest BCUT2D eigenvalue weighted by Crippen LogP contribution is 2.27. The van der Waals surface area contributed by atoms with Crippen LogP contribution in [0, 0.1) is 5.41 Å². The number of fused-ring (bicyclic) bond motifs is 1. The highest BCUT2D eigenvalue weighted by molar-refractivity contribution is 5.98. The second-order valence-corrected chi connectivity index (χ2v) is 5.76. The van der Waals surface area contributed by atoms with Crippen LogP contribution in [-0.2, 0) is 16.0 Å². The van der Waals surface area contributed by atoms with E-state index >= 15 is 0 Å². The number of benzene rings is 1. The lowest BCUT2D eigenvalue weighted by Gasteiger charge is -2.22. The van der Waals surface area contributed by atoms with E-state index in [0.29, 0.717) is 12.2 Å². The fourth-order valence-electron chi connectivity index (χ4n) is 2.30. The zero-order chi connectivity index (χ0) is 14.8. The van der Waals surface area contributed by atoms with Crippen molar-refractivity contribution in [1.82, 2.24) is 0 Å². The second kappa shape index (κ2) is 5.65. The lowest BCUT2D eigenvalue weighted by atomic mass is 9.90. The van der Waals surface area contributed by atoms with Crippen molar-refractivity contribution >= 4 is 11.8 Å². The summed E-state index contributed by atoms with van der Waals surface area (Å²) in [7, 11) is 1.36. The van der Waals surface area contributed by atoms with E-state index in [9.17, 15) is 9.59 Å². The van der Waals surface area contributed by atoms with Gasteiger partial charge in [-0.3, -0.25) is 9.59 Å². The van der Waals surface area contributed by atoms with Gasteiger partial charge in [-0.15, -0.1) is 0 Å². The molecule has 0 heterocycles. The molecule has 4 nitrogen and oxygen atoms in total. The van der Waals surface area contributed by atoms with Crippen LogP contribution >= 0.6 is 0 Å². The molecule has 0 saturated heterocycles. The van der Waals surface area contributed by atoms with Crippen LogP contribution in [0.15, 0.2) is 18.2 Å². The first-order valence-electron chi connectivity index (χ1n) is 6.81. The monoisotopic (exact) mass is 276 g/mol. The quantitative estimate of drug-likeness (QED) is 0.793. The topological polar surface area (TPSA) is 52.6 Å². The minimum absolute atomic E-state index is 0.170. The van der Waals surface area contributed by atoms with Gasteiger partial charge in [-0.25, -0.2) is 0 Å². The third-order valence-corrected chi connectivity index (χ3v) is 3.57. The Morgan fingerprint density at radius 2 is 2.05 bits per heavy atom. The number of carbonyl (C=O) groups excluding carboxylic acids is 2. The molecule has 0 atom stereocenters. The van der Waals surface area contributed by atoms with Gasteiger partial charge in [-0.05, 0) is 44.4 Å². The summed E-state index contributed by atoms with van der Waals surface area (Å²) in [5.41, 5.74) is 1.12. The molecule has 0 bridgehead atoms. The molecular weight excluding hydrogens is 256 g/mol. The summed E-state index contributed by atoms with van der Waals surface area (Å²) in [6, 6.07) is 5.57. The Balaban J connectivity index is 2.10. The number of ketones is 1. The molecule has 1 aliphatic carbocycles. The molecule has 0 amide bonds. The standard InChI is InChI=1S/C16H20O4/c1-16(2,15(18)19-3)10-20-12-8-7-11-5-4-6-14(17)13(11)9-12/h7-9H,4-6,10H2,1-3H3. The maximum Gasteiger partial charge on any atom is 0.314 e. The number of hydrogen-bond donors (Lipinski definition) is 0. The maximum atomic E-state index is 11.9. The zero-order valence-electron chi connectivity index (χ0n) is 12.2. The van der Waals surface area contributed by atoms with Crippen LogP contribution in [0.1, 0.15) is 42.6 Å². The Labute approximate surface area is 119 Å². The van der Waals surface area contributed by atoms with E-state index in [1.54, 1.807) is 19.9 Å². The number of aryl methyl sites for hydroxylation is 1. The lowest BCUT2D eigenvalue weighted by molar-refractivity contribution is -0.152. The Bertz CT molecular complexity index is 531. The molecule has 0 saturated carbocycles. The first kappa shape index (κ1) is 14.6. The molecule has 0 aliphatic heterocycles. The molecule has 0 spiro atoms. The molecule has 0 N–H and O–H groups in total. The molecule has 0 aromatic heterocycles. The van der Waals surface area contributed by atoms with Gasteiger partial charge in [0.15, 0.2) is 5.78 Å². The molecule has 0 radical (unpaired) electrons. The van der Waals surface area contributed by atoms with Crippen LogP contribution in [0.25, 0.3) is 0 Å². The molecule has 20 heavy (non-hydrogen) atoms. The second-order valence-electron chi connectivity index (χ2n) is 5.76. The molecule has 4 heteroatoms. The van der Waals surface area contributed by atoms with Gasteiger partial charge in [0.1, 0.15) is 12.4 Å². The Morgan fingerprint density at radius 1 is 1.30 bits per heavy atom. The van der Waals surface area contributed by atoms with Gasteiger partial charge in [0.25, 0.3) is 0 Å². The normalized spacial score (nSPS) is 14.7. The van der Waals surface area contributed by atoms with Crippen LogP contribution in [0.3, 0.4) is 0 Å². The van der Waals surface area contributed by atoms with Crippen molar-refractivity contribution in [1.29, 1.82) is 0 Å². The van der Waals surface area contributed by atoms with Crippen LogP contribution in [0.4, 0.5) is 0 Å². The van der Waals surface area contributed by atoms with Gasteiger partial charge in [0.2, 0.25) is 0 Å². The average molecular weight is 276 g/mol. The van der Waals surface area contributed by atoms with Crippen molar-refractivity contribution in [3.05, 3.63) is 29.3 Å². The Hall–Kier alpha value is -1.84. The van der Waals surface area contributed by atoms with Gasteiger partial charge >= 0.3 is 5.97 Å². The molecule has 108 valence electrons. The third kappa shape index (κ3) is 3.00. The van der Waals surface area contributed by atoms with E-state index in [0.717, 1.165) is 24.0 Å².